The van der Waals surface area contributed by atoms with Crippen molar-refractivity contribution in [3.8, 4) is 5.75 Å². The van der Waals surface area contributed by atoms with Gasteiger partial charge < -0.3 is 4.74 Å². The Bertz CT molecular complexity index is 929. The second-order valence-electron chi connectivity index (χ2n) is 5.85. The zero-order valence-electron chi connectivity index (χ0n) is 14.8. The van der Waals surface area contributed by atoms with E-state index in [1.54, 1.807) is 17.8 Å². The third-order valence-electron chi connectivity index (χ3n) is 3.82. The van der Waals surface area contributed by atoms with Crippen molar-refractivity contribution >= 4 is 35.0 Å². The summed E-state index contributed by atoms with van der Waals surface area (Å²) in [7, 11) is 0. The largest absolute Gasteiger partial charge is 0.481 e. The Labute approximate surface area is 173 Å². The molecule has 0 aliphatic heterocycles. The molecular formula is C20H19Cl2N3OS. The molecule has 4 nitrogen and oxygen atoms in total. The number of allylic oxidation sites excluding steroid dienone is 1. The van der Waals surface area contributed by atoms with E-state index < -0.39 is 0 Å². The van der Waals surface area contributed by atoms with E-state index in [4.69, 9.17) is 27.9 Å². The number of rotatable bonds is 8. The van der Waals surface area contributed by atoms with Gasteiger partial charge in [0.15, 0.2) is 17.1 Å². The molecule has 3 aromatic rings. The highest BCUT2D eigenvalue weighted by molar-refractivity contribution is 7.98. The Hall–Kier alpha value is -1.95. The fourth-order valence-electron chi connectivity index (χ4n) is 2.57. The summed E-state index contributed by atoms with van der Waals surface area (Å²) in [4.78, 5) is 0. The van der Waals surface area contributed by atoms with Gasteiger partial charge in [-0.3, -0.25) is 4.57 Å². The third kappa shape index (κ3) is 5.06. The van der Waals surface area contributed by atoms with Gasteiger partial charge >= 0.3 is 0 Å². The second-order valence-corrected chi connectivity index (χ2v) is 7.64. The minimum absolute atomic E-state index is 0.308. The highest BCUT2D eigenvalue weighted by atomic mass is 35.5. The molecule has 0 unspecified atom stereocenters. The first-order chi connectivity index (χ1) is 13.1. The average Bonchev–Trinajstić information content (AvgIpc) is 3.05. The van der Waals surface area contributed by atoms with Crippen LogP contribution in [0.4, 0.5) is 0 Å². The van der Waals surface area contributed by atoms with Gasteiger partial charge in [0, 0.05) is 17.3 Å². The molecule has 1 aromatic heterocycles. The molecule has 2 aromatic carbocycles. The molecule has 1 atom stereocenters. The molecule has 7 heteroatoms. The number of halogens is 2. The number of hydrogen-bond acceptors (Lipinski definition) is 4. The van der Waals surface area contributed by atoms with E-state index in [1.807, 2.05) is 60.0 Å². The normalized spacial score (nSPS) is 12.0. The molecule has 0 fully saturated rings. The topological polar surface area (TPSA) is 39.9 Å². The highest BCUT2D eigenvalue weighted by Gasteiger charge is 2.19. The summed E-state index contributed by atoms with van der Waals surface area (Å²) >= 11 is 13.9. The maximum absolute atomic E-state index is 6.19. The maximum Gasteiger partial charge on any atom is 0.191 e. The predicted molar refractivity (Wildman–Crippen MR) is 112 cm³/mol. The summed E-state index contributed by atoms with van der Waals surface area (Å²) in [6.45, 7) is 6.36. The van der Waals surface area contributed by atoms with Crippen molar-refractivity contribution in [2.75, 3.05) is 0 Å². The molecule has 0 spiro atoms. The van der Waals surface area contributed by atoms with Gasteiger partial charge in [0.2, 0.25) is 0 Å². The van der Waals surface area contributed by atoms with Crippen LogP contribution in [-0.2, 0) is 12.3 Å². The van der Waals surface area contributed by atoms with E-state index in [0.29, 0.717) is 17.3 Å². The number of thioether (sulfide) groups is 1. The van der Waals surface area contributed by atoms with Crippen LogP contribution < -0.4 is 4.74 Å². The van der Waals surface area contributed by atoms with Crippen LogP contribution in [-0.4, -0.2) is 14.8 Å². The number of hydrogen-bond donors (Lipinski definition) is 0. The number of ether oxygens (including phenoxy) is 1. The zero-order valence-corrected chi connectivity index (χ0v) is 17.1. The SMILES string of the molecule is C=CCn1c(SCc2cccc(Cl)c2)nnc1[C@H](C)Oc1ccccc1Cl. The molecule has 3 rings (SSSR count). The summed E-state index contributed by atoms with van der Waals surface area (Å²) in [5.41, 5.74) is 1.13. The fraction of sp³-hybridized carbons (Fsp3) is 0.200. The van der Waals surface area contributed by atoms with Crippen molar-refractivity contribution in [2.45, 2.75) is 30.5 Å². The minimum atomic E-state index is -0.308. The van der Waals surface area contributed by atoms with Crippen molar-refractivity contribution in [1.82, 2.24) is 14.8 Å². The molecule has 0 saturated heterocycles. The number of aromatic nitrogens is 3. The van der Waals surface area contributed by atoms with Crippen LogP contribution in [0.3, 0.4) is 0 Å². The smallest absolute Gasteiger partial charge is 0.191 e. The van der Waals surface area contributed by atoms with Gasteiger partial charge in [-0.15, -0.1) is 16.8 Å². The van der Waals surface area contributed by atoms with Crippen LogP contribution in [0.25, 0.3) is 0 Å². The lowest BCUT2D eigenvalue weighted by Crippen LogP contribution is -2.12. The van der Waals surface area contributed by atoms with Crippen LogP contribution in [0.5, 0.6) is 5.75 Å². The van der Waals surface area contributed by atoms with E-state index in [9.17, 15) is 0 Å². The first kappa shape index (κ1) is 19.8. The van der Waals surface area contributed by atoms with Crippen LogP contribution >= 0.6 is 35.0 Å². The number of para-hydroxylation sites is 1. The fourth-order valence-corrected chi connectivity index (χ4v) is 3.86. The van der Waals surface area contributed by atoms with Crippen LogP contribution in [0.2, 0.25) is 10.0 Å². The van der Waals surface area contributed by atoms with Gasteiger partial charge in [-0.2, -0.15) is 0 Å². The van der Waals surface area contributed by atoms with Crippen molar-refractivity contribution < 1.29 is 4.74 Å². The van der Waals surface area contributed by atoms with E-state index in [-0.39, 0.29) is 6.10 Å². The summed E-state index contributed by atoms with van der Waals surface area (Å²) in [6.07, 6.45) is 1.51. The highest BCUT2D eigenvalue weighted by Crippen LogP contribution is 2.30. The van der Waals surface area contributed by atoms with Crippen molar-refractivity contribution in [3.63, 3.8) is 0 Å². The van der Waals surface area contributed by atoms with E-state index >= 15 is 0 Å². The molecule has 0 aliphatic rings. The van der Waals surface area contributed by atoms with Gasteiger partial charge in [0.1, 0.15) is 5.75 Å². The van der Waals surface area contributed by atoms with Crippen molar-refractivity contribution in [2.24, 2.45) is 0 Å². The Morgan fingerprint density at radius 1 is 1.19 bits per heavy atom. The molecule has 1 heterocycles. The lowest BCUT2D eigenvalue weighted by atomic mass is 10.2. The molecule has 0 radical (unpaired) electrons. The second kappa shape index (κ2) is 9.31. The van der Waals surface area contributed by atoms with Gasteiger partial charge in [-0.05, 0) is 36.8 Å². The molecule has 0 saturated carbocycles. The summed E-state index contributed by atoms with van der Waals surface area (Å²) in [6, 6.07) is 15.2. The maximum atomic E-state index is 6.19. The molecule has 27 heavy (non-hydrogen) atoms. The Morgan fingerprint density at radius 2 is 2.00 bits per heavy atom. The van der Waals surface area contributed by atoms with Crippen LogP contribution in [0.1, 0.15) is 24.4 Å². The van der Waals surface area contributed by atoms with E-state index in [2.05, 4.69) is 16.8 Å². The Kier molecular flexibility index (Phi) is 6.83. The lowest BCUT2D eigenvalue weighted by molar-refractivity contribution is 0.210. The molecule has 0 aliphatic carbocycles. The van der Waals surface area contributed by atoms with Gasteiger partial charge in [-0.1, -0.05) is 65.3 Å². The van der Waals surface area contributed by atoms with Gasteiger partial charge in [-0.25, -0.2) is 0 Å². The average molecular weight is 420 g/mol. The van der Waals surface area contributed by atoms with E-state index in [1.165, 1.54) is 0 Å². The first-order valence-corrected chi connectivity index (χ1v) is 10.1. The predicted octanol–water partition coefficient (Wildman–Crippen LogP) is 6.20. The van der Waals surface area contributed by atoms with Crippen molar-refractivity contribution in [3.05, 3.63) is 82.6 Å². The standard InChI is InChI=1S/C20H19Cl2N3OS/c1-3-11-25-19(14(2)26-18-10-5-4-9-17(18)22)23-24-20(25)27-13-15-7-6-8-16(21)12-15/h3-10,12,14H,1,11,13H2,2H3/t14-/m0/s1. The monoisotopic (exact) mass is 419 g/mol. The summed E-state index contributed by atoms with van der Waals surface area (Å²) in [5.74, 6) is 2.09. The van der Waals surface area contributed by atoms with Crippen molar-refractivity contribution in [1.29, 1.82) is 0 Å². The zero-order chi connectivity index (χ0) is 19.2. The molecule has 0 amide bonds. The van der Waals surface area contributed by atoms with Gasteiger partial charge in [0.05, 0.1) is 5.02 Å². The molecule has 0 N–H and O–H groups in total. The van der Waals surface area contributed by atoms with Crippen LogP contribution in [0.15, 0.2) is 66.3 Å². The quantitative estimate of drug-likeness (QED) is 0.321. The van der Waals surface area contributed by atoms with Crippen LogP contribution in [0, 0.1) is 0 Å². The van der Waals surface area contributed by atoms with Gasteiger partial charge in [0.25, 0.3) is 0 Å². The number of benzene rings is 2. The molecule has 140 valence electrons. The van der Waals surface area contributed by atoms with E-state index in [0.717, 1.165) is 27.3 Å². The minimum Gasteiger partial charge on any atom is -0.481 e. The Morgan fingerprint density at radius 3 is 2.74 bits per heavy atom. The third-order valence-corrected chi connectivity index (χ3v) is 5.40. The molecular weight excluding hydrogens is 401 g/mol. The summed E-state index contributed by atoms with van der Waals surface area (Å²) in [5, 5.41) is 10.8. The lowest BCUT2D eigenvalue weighted by Gasteiger charge is -2.16. The number of nitrogens with zero attached hydrogens (tertiary/aromatic N) is 3. The molecule has 0 bridgehead atoms. The first-order valence-electron chi connectivity index (χ1n) is 8.41. The Balaban J connectivity index is 1.77. The summed E-state index contributed by atoms with van der Waals surface area (Å²) < 4.78 is 8.00.